The summed E-state index contributed by atoms with van der Waals surface area (Å²) in [7, 11) is 0. The summed E-state index contributed by atoms with van der Waals surface area (Å²) in [6, 6.07) is 11.2. The molecule has 1 aliphatic rings. The second-order valence-corrected chi connectivity index (χ2v) is 5.79. The summed E-state index contributed by atoms with van der Waals surface area (Å²) in [5.41, 5.74) is 1.13. The molecular weight excluding hydrogens is 334 g/mol. The molecule has 0 amide bonds. The summed E-state index contributed by atoms with van der Waals surface area (Å²) in [6.07, 6.45) is -3.80. The molecule has 0 fully saturated rings. The molecule has 0 radical (unpaired) electrons. The standard InChI is InChI=1S/C18H13F4N3/c19-15-7-2-1-6-13(15)16-14-8-9-23-17(14)25(24-16)12-5-3-4-11(10-12)18(20,21)22/h1-7,10,23H,8-9H2. The van der Waals surface area contributed by atoms with Gasteiger partial charge in [-0.1, -0.05) is 18.2 Å². The second-order valence-electron chi connectivity index (χ2n) is 5.79. The first-order chi connectivity index (χ1) is 11.9. The van der Waals surface area contributed by atoms with E-state index in [2.05, 4.69) is 10.4 Å². The Morgan fingerprint density at radius 1 is 1.04 bits per heavy atom. The fourth-order valence-electron chi connectivity index (χ4n) is 3.05. The van der Waals surface area contributed by atoms with E-state index in [-0.39, 0.29) is 5.69 Å². The van der Waals surface area contributed by atoms with E-state index in [0.29, 0.717) is 30.0 Å². The number of fused-ring (bicyclic) bond motifs is 1. The fourth-order valence-corrected chi connectivity index (χ4v) is 3.05. The van der Waals surface area contributed by atoms with E-state index in [1.165, 1.54) is 16.8 Å². The third-order valence-electron chi connectivity index (χ3n) is 4.20. The molecule has 0 bridgehead atoms. The van der Waals surface area contributed by atoms with Gasteiger partial charge in [-0.15, -0.1) is 0 Å². The van der Waals surface area contributed by atoms with E-state index in [1.807, 2.05) is 0 Å². The number of nitrogens with zero attached hydrogens (tertiary/aromatic N) is 2. The van der Waals surface area contributed by atoms with E-state index in [0.717, 1.165) is 17.7 Å². The van der Waals surface area contributed by atoms with E-state index in [4.69, 9.17) is 0 Å². The van der Waals surface area contributed by atoms with Crippen molar-refractivity contribution in [2.45, 2.75) is 12.6 Å². The Morgan fingerprint density at radius 3 is 2.60 bits per heavy atom. The van der Waals surface area contributed by atoms with Gasteiger partial charge in [0.05, 0.1) is 11.3 Å². The van der Waals surface area contributed by atoms with Crippen LogP contribution in [-0.4, -0.2) is 16.3 Å². The van der Waals surface area contributed by atoms with Crippen molar-refractivity contribution in [1.82, 2.24) is 9.78 Å². The minimum Gasteiger partial charge on any atom is -0.369 e. The number of alkyl halides is 3. The number of benzene rings is 2. The van der Waals surface area contributed by atoms with Crippen molar-refractivity contribution in [1.29, 1.82) is 0 Å². The van der Waals surface area contributed by atoms with Crippen molar-refractivity contribution in [3.8, 4) is 16.9 Å². The SMILES string of the molecule is Fc1ccccc1-c1nn(-c2cccc(C(F)(F)F)c2)c2c1CCN2. The van der Waals surface area contributed by atoms with E-state index in [9.17, 15) is 17.6 Å². The van der Waals surface area contributed by atoms with Crippen molar-refractivity contribution >= 4 is 5.82 Å². The van der Waals surface area contributed by atoms with Gasteiger partial charge in [-0.25, -0.2) is 9.07 Å². The van der Waals surface area contributed by atoms with Gasteiger partial charge in [0.15, 0.2) is 0 Å². The molecule has 0 aliphatic carbocycles. The maximum absolute atomic E-state index is 14.2. The lowest BCUT2D eigenvalue weighted by molar-refractivity contribution is -0.137. The molecule has 1 aromatic heterocycles. The summed E-state index contributed by atoms with van der Waals surface area (Å²) in [4.78, 5) is 0. The average molecular weight is 347 g/mol. The molecule has 128 valence electrons. The van der Waals surface area contributed by atoms with Gasteiger partial charge < -0.3 is 5.32 Å². The molecule has 0 atom stereocenters. The van der Waals surface area contributed by atoms with Gasteiger partial charge in [-0.3, -0.25) is 0 Å². The number of aromatic nitrogens is 2. The molecule has 1 aliphatic heterocycles. The lowest BCUT2D eigenvalue weighted by atomic mass is 10.1. The Morgan fingerprint density at radius 2 is 1.84 bits per heavy atom. The molecule has 3 aromatic rings. The highest BCUT2D eigenvalue weighted by molar-refractivity contribution is 5.73. The Hall–Kier alpha value is -2.83. The van der Waals surface area contributed by atoms with Crippen LogP contribution in [0.3, 0.4) is 0 Å². The molecule has 0 unspecified atom stereocenters. The minimum atomic E-state index is -4.44. The maximum atomic E-state index is 14.2. The third kappa shape index (κ3) is 2.65. The number of rotatable bonds is 2. The Balaban J connectivity index is 1.88. The van der Waals surface area contributed by atoms with Gasteiger partial charge in [0.2, 0.25) is 0 Å². The first kappa shape index (κ1) is 15.7. The molecule has 4 rings (SSSR count). The topological polar surface area (TPSA) is 29.9 Å². The molecule has 1 N–H and O–H groups in total. The van der Waals surface area contributed by atoms with Gasteiger partial charge in [0.1, 0.15) is 17.3 Å². The number of nitrogens with one attached hydrogen (secondary N) is 1. The predicted octanol–water partition coefficient (Wildman–Crippen LogP) is 4.67. The van der Waals surface area contributed by atoms with Crippen LogP contribution in [0.25, 0.3) is 16.9 Å². The van der Waals surface area contributed by atoms with Crippen LogP contribution in [0.1, 0.15) is 11.1 Å². The van der Waals surface area contributed by atoms with Crippen LogP contribution < -0.4 is 5.32 Å². The van der Waals surface area contributed by atoms with Gasteiger partial charge in [-0.2, -0.15) is 18.3 Å². The quantitative estimate of drug-likeness (QED) is 0.683. The van der Waals surface area contributed by atoms with Gasteiger partial charge in [-0.05, 0) is 36.8 Å². The first-order valence-corrected chi connectivity index (χ1v) is 7.73. The van der Waals surface area contributed by atoms with Gasteiger partial charge in [0.25, 0.3) is 0 Å². The summed E-state index contributed by atoms with van der Waals surface area (Å²) in [5.74, 6) is 0.198. The van der Waals surface area contributed by atoms with E-state index < -0.39 is 17.6 Å². The monoisotopic (exact) mass is 347 g/mol. The van der Waals surface area contributed by atoms with Crippen LogP contribution in [0, 0.1) is 5.82 Å². The van der Waals surface area contributed by atoms with Crippen molar-refractivity contribution in [3.63, 3.8) is 0 Å². The van der Waals surface area contributed by atoms with Crippen molar-refractivity contribution in [2.75, 3.05) is 11.9 Å². The lowest BCUT2D eigenvalue weighted by Gasteiger charge is -2.10. The molecular formula is C18H13F4N3. The fraction of sp³-hybridized carbons (Fsp3) is 0.167. The highest BCUT2D eigenvalue weighted by atomic mass is 19.4. The summed E-state index contributed by atoms with van der Waals surface area (Å²) in [5, 5.41) is 7.53. The zero-order valence-electron chi connectivity index (χ0n) is 12.9. The third-order valence-corrected chi connectivity index (χ3v) is 4.20. The van der Waals surface area contributed by atoms with E-state index >= 15 is 0 Å². The van der Waals surface area contributed by atoms with Crippen LogP contribution in [0.2, 0.25) is 0 Å². The lowest BCUT2D eigenvalue weighted by Crippen LogP contribution is -2.08. The molecule has 7 heteroatoms. The predicted molar refractivity (Wildman–Crippen MR) is 86.2 cm³/mol. The van der Waals surface area contributed by atoms with Crippen molar-refractivity contribution in [2.24, 2.45) is 0 Å². The van der Waals surface area contributed by atoms with Crippen LogP contribution in [0.15, 0.2) is 48.5 Å². The highest BCUT2D eigenvalue weighted by Crippen LogP contribution is 2.37. The Kier molecular flexibility index (Phi) is 3.52. The van der Waals surface area contributed by atoms with E-state index in [1.54, 1.807) is 24.3 Å². The number of anilines is 1. The molecule has 0 spiro atoms. The largest absolute Gasteiger partial charge is 0.416 e. The summed E-state index contributed by atoms with van der Waals surface area (Å²) >= 11 is 0. The van der Waals surface area contributed by atoms with Gasteiger partial charge in [0, 0.05) is 17.7 Å². The van der Waals surface area contributed by atoms with Crippen LogP contribution in [0.5, 0.6) is 0 Å². The second kappa shape index (κ2) is 5.61. The zero-order valence-corrected chi connectivity index (χ0v) is 12.9. The highest BCUT2D eigenvalue weighted by Gasteiger charge is 2.31. The number of hydrogen-bond donors (Lipinski definition) is 1. The number of hydrogen-bond acceptors (Lipinski definition) is 2. The average Bonchev–Trinajstić information content (AvgIpc) is 3.17. The minimum absolute atomic E-state index is 0.281. The van der Waals surface area contributed by atoms with Crippen molar-refractivity contribution < 1.29 is 17.6 Å². The molecule has 0 saturated carbocycles. The Labute approximate surface area is 140 Å². The zero-order chi connectivity index (χ0) is 17.6. The summed E-state index contributed by atoms with van der Waals surface area (Å²) < 4.78 is 54.5. The first-order valence-electron chi connectivity index (χ1n) is 7.73. The molecule has 2 heterocycles. The smallest absolute Gasteiger partial charge is 0.369 e. The van der Waals surface area contributed by atoms with Crippen molar-refractivity contribution in [3.05, 3.63) is 65.5 Å². The Bertz CT molecular complexity index is 944. The molecule has 2 aromatic carbocycles. The van der Waals surface area contributed by atoms with Gasteiger partial charge >= 0.3 is 6.18 Å². The molecule has 0 saturated heterocycles. The normalized spacial score (nSPS) is 13.6. The molecule has 3 nitrogen and oxygen atoms in total. The van der Waals surface area contributed by atoms with Crippen LogP contribution in [-0.2, 0) is 12.6 Å². The van der Waals surface area contributed by atoms with Crippen LogP contribution >= 0.6 is 0 Å². The summed E-state index contributed by atoms with van der Waals surface area (Å²) in [6.45, 7) is 0.633. The molecule has 25 heavy (non-hydrogen) atoms. The van der Waals surface area contributed by atoms with Crippen LogP contribution in [0.4, 0.5) is 23.4 Å². The number of halogens is 4. The maximum Gasteiger partial charge on any atom is 0.416 e.